The number of ether oxygens (including phenoxy) is 1. The highest BCUT2D eigenvalue weighted by Crippen LogP contribution is 2.39. The van der Waals surface area contributed by atoms with Gasteiger partial charge < -0.3 is 14.7 Å². The second-order valence-electron chi connectivity index (χ2n) is 8.03. The highest BCUT2D eigenvalue weighted by molar-refractivity contribution is 5.76. The Hall–Kier alpha value is -1.39. The molecule has 138 valence electrons. The molecule has 1 amide bonds. The number of aryl methyl sites for hydroxylation is 1. The summed E-state index contributed by atoms with van der Waals surface area (Å²) in [5.74, 6) is 0.269. The van der Waals surface area contributed by atoms with Gasteiger partial charge in [0.25, 0.3) is 0 Å². The van der Waals surface area contributed by atoms with Crippen molar-refractivity contribution in [2.75, 3.05) is 19.7 Å². The summed E-state index contributed by atoms with van der Waals surface area (Å²) < 4.78 is 6.02. The molecule has 4 heteroatoms. The van der Waals surface area contributed by atoms with Crippen molar-refractivity contribution in [3.05, 3.63) is 35.9 Å². The van der Waals surface area contributed by atoms with Crippen LogP contribution in [-0.2, 0) is 16.0 Å². The second kappa shape index (κ2) is 7.88. The first-order chi connectivity index (χ1) is 12.0. The molecular formula is C21H31NO3. The van der Waals surface area contributed by atoms with Crippen LogP contribution in [0.5, 0.6) is 0 Å². The summed E-state index contributed by atoms with van der Waals surface area (Å²) >= 11 is 0. The Morgan fingerprint density at radius 3 is 2.56 bits per heavy atom. The Labute approximate surface area is 151 Å². The van der Waals surface area contributed by atoms with Gasteiger partial charge in [0, 0.05) is 25.9 Å². The van der Waals surface area contributed by atoms with Gasteiger partial charge in [-0.05, 0) is 51.0 Å². The van der Waals surface area contributed by atoms with Crippen molar-refractivity contribution in [1.82, 2.24) is 4.90 Å². The van der Waals surface area contributed by atoms with E-state index in [-0.39, 0.29) is 11.5 Å². The largest absolute Gasteiger partial charge is 0.390 e. The molecular weight excluding hydrogens is 314 g/mol. The molecule has 1 unspecified atom stereocenters. The van der Waals surface area contributed by atoms with Gasteiger partial charge in [0.2, 0.25) is 5.91 Å². The van der Waals surface area contributed by atoms with Crippen LogP contribution >= 0.6 is 0 Å². The number of hydrogen-bond donors (Lipinski definition) is 1. The molecule has 1 aromatic rings. The van der Waals surface area contributed by atoms with E-state index < -0.39 is 5.60 Å². The first kappa shape index (κ1) is 18.4. The third kappa shape index (κ3) is 5.05. The minimum Gasteiger partial charge on any atom is -0.390 e. The van der Waals surface area contributed by atoms with Crippen molar-refractivity contribution >= 4 is 5.91 Å². The lowest BCUT2D eigenvalue weighted by Gasteiger charge is -2.48. The average Bonchev–Trinajstić information content (AvgIpc) is 2.59. The predicted molar refractivity (Wildman–Crippen MR) is 98.4 cm³/mol. The molecule has 0 bridgehead atoms. The number of carbonyl (C=O) groups excluding carboxylic acids is 1. The molecule has 2 aliphatic rings. The third-order valence-electron chi connectivity index (χ3n) is 5.73. The molecule has 2 heterocycles. The summed E-state index contributed by atoms with van der Waals surface area (Å²) in [5, 5.41) is 10.3. The fraction of sp³-hybridized carbons (Fsp3) is 0.667. The molecule has 4 nitrogen and oxygen atoms in total. The molecule has 1 atom stereocenters. The van der Waals surface area contributed by atoms with E-state index in [0.29, 0.717) is 25.9 Å². The van der Waals surface area contributed by atoms with Crippen molar-refractivity contribution in [2.45, 2.75) is 69.5 Å². The number of likely N-dealkylation sites (tertiary alicyclic amines) is 1. The van der Waals surface area contributed by atoms with Gasteiger partial charge in [-0.1, -0.05) is 30.3 Å². The molecule has 2 fully saturated rings. The molecule has 3 rings (SSSR count). The first-order valence-electron chi connectivity index (χ1n) is 9.66. The third-order valence-corrected chi connectivity index (χ3v) is 5.73. The van der Waals surface area contributed by atoms with Crippen LogP contribution in [0.25, 0.3) is 0 Å². The molecule has 25 heavy (non-hydrogen) atoms. The summed E-state index contributed by atoms with van der Waals surface area (Å²) in [4.78, 5) is 14.4. The lowest BCUT2D eigenvalue weighted by atomic mass is 9.78. The monoisotopic (exact) mass is 345 g/mol. The number of benzene rings is 1. The van der Waals surface area contributed by atoms with Crippen LogP contribution in [-0.4, -0.2) is 46.8 Å². The Morgan fingerprint density at radius 1 is 1.16 bits per heavy atom. The molecule has 2 saturated heterocycles. The molecule has 1 spiro atoms. The fourth-order valence-corrected chi connectivity index (χ4v) is 4.21. The maximum Gasteiger partial charge on any atom is 0.222 e. The van der Waals surface area contributed by atoms with Gasteiger partial charge in [-0.2, -0.15) is 0 Å². The SMILES string of the molecule is CC1(O)CCOC2(CCN(C(=O)CCCCc3ccccc3)CC2)C1. The molecule has 0 aliphatic carbocycles. The summed E-state index contributed by atoms with van der Waals surface area (Å²) in [5.41, 5.74) is 0.504. The topological polar surface area (TPSA) is 49.8 Å². The lowest BCUT2D eigenvalue weighted by Crippen LogP contribution is -2.54. The average molecular weight is 345 g/mol. The maximum absolute atomic E-state index is 12.4. The maximum atomic E-state index is 12.4. The van der Waals surface area contributed by atoms with Crippen LogP contribution in [0, 0.1) is 0 Å². The second-order valence-corrected chi connectivity index (χ2v) is 8.03. The van der Waals surface area contributed by atoms with E-state index in [1.807, 2.05) is 17.9 Å². The van der Waals surface area contributed by atoms with Crippen molar-refractivity contribution in [1.29, 1.82) is 0 Å². The fourth-order valence-electron chi connectivity index (χ4n) is 4.21. The van der Waals surface area contributed by atoms with Crippen LogP contribution in [0.15, 0.2) is 30.3 Å². The zero-order chi connectivity index (χ0) is 17.8. The zero-order valence-corrected chi connectivity index (χ0v) is 15.4. The minimum absolute atomic E-state index is 0.216. The Morgan fingerprint density at radius 2 is 1.88 bits per heavy atom. The van der Waals surface area contributed by atoms with Crippen LogP contribution in [0.3, 0.4) is 0 Å². The molecule has 2 aliphatic heterocycles. The standard InChI is InChI=1S/C21H31NO3/c1-20(24)13-16-25-21(17-20)11-14-22(15-12-21)19(23)10-6-5-9-18-7-3-2-4-8-18/h2-4,7-8,24H,5-6,9-17H2,1H3. The van der Waals surface area contributed by atoms with E-state index in [2.05, 4.69) is 24.3 Å². The Kier molecular flexibility index (Phi) is 5.80. The van der Waals surface area contributed by atoms with E-state index in [1.54, 1.807) is 0 Å². The first-order valence-corrected chi connectivity index (χ1v) is 9.66. The predicted octanol–water partition coefficient (Wildman–Crippen LogP) is 3.32. The number of amides is 1. The van der Waals surface area contributed by atoms with Gasteiger partial charge in [0.05, 0.1) is 17.8 Å². The summed E-state index contributed by atoms with van der Waals surface area (Å²) in [7, 11) is 0. The summed E-state index contributed by atoms with van der Waals surface area (Å²) in [6, 6.07) is 10.4. The van der Waals surface area contributed by atoms with Crippen molar-refractivity contribution in [3.63, 3.8) is 0 Å². The van der Waals surface area contributed by atoms with Gasteiger partial charge in [-0.15, -0.1) is 0 Å². The number of unbranched alkanes of at least 4 members (excludes halogenated alkanes) is 1. The smallest absolute Gasteiger partial charge is 0.222 e. The zero-order valence-electron chi connectivity index (χ0n) is 15.4. The number of carbonyl (C=O) groups is 1. The minimum atomic E-state index is -0.623. The Bertz CT molecular complexity index is 562. The molecule has 1 N–H and O–H groups in total. The van der Waals surface area contributed by atoms with E-state index in [1.165, 1.54) is 5.56 Å². The van der Waals surface area contributed by atoms with E-state index >= 15 is 0 Å². The van der Waals surface area contributed by atoms with Crippen molar-refractivity contribution in [3.8, 4) is 0 Å². The highest BCUT2D eigenvalue weighted by atomic mass is 16.5. The number of aliphatic hydroxyl groups is 1. The van der Waals surface area contributed by atoms with Gasteiger partial charge in [-0.25, -0.2) is 0 Å². The lowest BCUT2D eigenvalue weighted by molar-refractivity contribution is -0.175. The van der Waals surface area contributed by atoms with E-state index in [0.717, 1.165) is 45.2 Å². The highest BCUT2D eigenvalue weighted by Gasteiger charge is 2.44. The van der Waals surface area contributed by atoms with Crippen molar-refractivity contribution < 1.29 is 14.6 Å². The number of hydrogen-bond acceptors (Lipinski definition) is 3. The molecule has 0 aromatic heterocycles. The number of rotatable bonds is 5. The van der Waals surface area contributed by atoms with Gasteiger partial charge >= 0.3 is 0 Å². The van der Waals surface area contributed by atoms with E-state index in [9.17, 15) is 9.90 Å². The van der Waals surface area contributed by atoms with Crippen LogP contribution in [0.4, 0.5) is 0 Å². The van der Waals surface area contributed by atoms with Crippen LogP contribution < -0.4 is 0 Å². The quantitative estimate of drug-likeness (QED) is 0.833. The van der Waals surface area contributed by atoms with Crippen LogP contribution in [0.1, 0.15) is 57.4 Å². The molecule has 0 radical (unpaired) electrons. The summed E-state index contributed by atoms with van der Waals surface area (Å²) in [6.45, 7) is 4.04. The number of nitrogens with zero attached hydrogens (tertiary/aromatic N) is 1. The van der Waals surface area contributed by atoms with Crippen LogP contribution in [0.2, 0.25) is 0 Å². The summed E-state index contributed by atoms with van der Waals surface area (Å²) in [6.07, 6.45) is 6.77. The molecule has 0 saturated carbocycles. The van der Waals surface area contributed by atoms with Gasteiger partial charge in [-0.3, -0.25) is 4.79 Å². The normalized spacial score (nSPS) is 25.9. The van der Waals surface area contributed by atoms with Crippen molar-refractivity contribution in [2.24, 2.45) is 0 Å². The van der Waals surface area contributed by atoms with E-state index in [4.69, 9.17) is 4.74 Å². The van der Waals surface area contributed by atoms with Gasteiger partial charge in [0.1, 0.15) is 0 Å². The molecule has 1 aromatic carbocycles. The van der Waals surface area contributed by atoms with Gasteiger partial charge in [0.15, 0.2) is 0 Å². The Balaban J connectivity index is 1.38. The number of piperidine rings is 1.